The third-order valence-corrected chi connectivity index (χ3v) is 3.73. The van der Waals surface area contributed by atoms with Gasteiger partial charge in [-0.15, -0.1) is 0 Å². The molecule has 0 bridgehead atoms. The Morgan fingerprint density at radius 1 is 1.47 bits per heavy atom. The molecule has 0 saturated carbocycles. The van der Waals surface area contributed by atoms with Gasteiger partial charge < -0.3 is 10.2 Å². The minimum Gasteiger partial charge on any atom is -0.385 e. The van der Waals surface area contributed by atoms with E-state index in [0.29, 0.717) is 11.6 Å². The van der Waals surface area contributed by atoms with Crippen molar-refractivity contribution in [1.82, 2.24) is 9.88 Å². The van der Waals surface area contributed by atoms with Gasteiger partial charge in [0.15, 0.2) is 0 Å². The van der Waals surface area contributed by atoms with Crippen molar-refractivity contribution in [3.05, 3.63) is 24.0 Å². The summed E-state index contributed by atoms with van der Waals surface area (Å²) in [5.41, 5.74) is 1.58. The molecular weight excluding hydrogens is 238 g/mol. The first-order valence-corrected chi connectivity index (χ1v) is 7.23. The molecule has 1 saturated heterocycles. The highest BCUT2D eigenvalue weighted by Gasteiger charge is 2.24. The number of nitrogens with one attached hydrogen (secondary N) is 1. The van der Waals surface area contributed by atoms with Crippen LogP contribution >= 0.6 is 0 Å². The number of pyridine rings is 1. The molecule has 1 amide bonds. The van der Waals surface area contributed by atoms with Crippen molar-refractivity contribution in [3.8, 4) is 0 Å². The predicted octanol–water partition coefficient (Wildman–Crippen LogP) is 2.92. The molecule has 1 fully saturated rings. The van der Waals surface area contributed by atoms with Gasteiger partial charge in [-0.05, 0) is 32.8 Å². The molecular formula is C15H23N3O. The highest BCUT2D eigenvalue weighted by Crippen LogP contribution is 2.22. The number of amides is 1. The van der Waals surface area contributed by atoms with Crippen LogP contribution in [-0.4, -0.2) is 34.9 Å². The maximum Gasteiger partial charge on any atom is 0.257 e. The zero-order chi connectivity index (χ0) is 13.7. The number of nitrogens with zero attached hydrogens (tertiary/aromatic N) is 2. The largest absolute Gasteiger partial charge is 0.385 e. The Labute approximate surface area is 115 Å². The van der Waals surface area contributed by atoms with Gasteiger partial charge in [-0.1, -0.05) is 12.8 Å². The van der Waals surface area contributed by atoms with Crippen LogP contribution in [0.2, 0.25) is 0 Å². The van der Waals surface area contributed by atoms with Crippen LogP contribution in [-0.2, 0) is 0 Å². The Morgan fingerprint density at radius 3 is 3.11 bits per heavy atom. The lowest BCUT2D eigenvalue weighted by molar-refractivity contribution is 0.0698. The van der Waals surface area contributed by atoms with Gasteiger partial charge in [-0.25, -0.2) is 0 Å². The molecule has 1 N–H and O–H groups in total. The lowest BCUT2D eigenvalue weighted by Crippen LogP contribution is -2.38. The maximum atomic E-state index is 12.7. The molecule has 4 nitrogen and oxygen atoms in total. The van der Waals surface area contributed by atoms with Crippen LogP contribution in [0.3, 0.4) is 0 Å². The van der Waals surface area contributed by atoms with Gasteiger partial charge >= 0.3 is 0 Å². The van der Waals surface area contributed by atoms with Crippen LogP contribution in [0.15, 0.2) is 18.5 Å². The Kier molecular flexibility index (Phi) is 4.77. The van der Waals surface area contributed by atoms with Gasteiger partial charge in [0, 0.05) is 31.5 Å². The van der Waals surface area contributed by atoms with Gasteiger partial charge in [-0.2, -0.15) is 0 Å². The SMILES string of the molecule is CCNc1ccncc1C(=O)N1CCCCCC1C. The summed E-state index contributed by atoms with van der Waals surface area (Å²) in [6.45, 7) is 5.84. The van der Waals surface area contributed by atoms with E-state index in [2.05, 4.69) is 17.2 Å². The molecule has 19 heavy (non-hydrogen) atoms. The Morgan fingerprint density at radius 2 is 2.32 bits per heavy atom. The number of carbonyl (C=O) groups excluding carboxylic acids is 1. The summed E-state index contributed by atoms with van der Waals surface area (Å²) in [6.07, 6.45) is 8.05. The van der Waals surface area contributed by atoms with Crippen molar-refractivity contribution in [1.29, 1.82) is 0 Å². The second-order valence-electron chi connectivity index (χ2n) is 5.15. The normalized spacial score (nSPS) is 19.9. The lowest BCUT2D eigenvalue weighted by atomic mass is 10.1. The predicted molar refractivity (Wildman–Crippen MR) is 77.4 cm³/mol. The van der Waals surface area contributed by atoms with Crippen molar-refractivity contribution < 1.29 is 4.79 Å². The second kappa shape index (κ2) is 6.55. The van der Waals surface area contributed by atoms with E-state index in [1.54, 1.807) is 12.4 Å². The molecule has 1 aliphatic rings. The van der Waals surface area contributed by atoms with Crippen molar-refractivity contribution in [3.63, 3.8) is 0 Å². The average Bonchev–Trinajstić information content (AvgIpc) is 2.64. The zero-order valence-electron chi connectivity index (χ0n) is 11.9. The Bertz CT molecular complexity index is 433. The smallest absolute Gasteiger partial charge is 0.257 e. The van der Waals surface area contributed by atoms with E-state index in [0.717, 1.165) is 31.6 Å². The molecule has 104 valence electrons. The molecule has 0 radical (unpaired) electrons. The van der Waals surface area contributed by atoms with Crippen LogP contribution in [0.25, 0.3) is 0 Å². The third kappa shape index (κ3) is 3.25. The molecule has 1 aromatic heterocycles. The first kappa shape index (κ1) is 13.8. The van der Waals surface area contributed by atoms with E-state index in [4.69, 9.17) is 0 Å². The van der Waals surface area contributed by atoms with E-state index in [1.165, 1.54) is 12.8 Å². The second-order valence-corrected chi connectivity index (χ2v) is 5.15. The van der Waals surface area contributed by atoms with E-state index < -0.39 is 0 Å². The zero-order valence-corrected chi connectivity index (χ0v) is 11.9. The van der Waals surface area contributed by atoms with Gasteiger partial charge in [0.1, 0.15) is 0 Å². The van der Waals surface area contributed by atoms with Crippen molar-refractivity contribution in [2.24, 2.45) is 0 Å². The van der Waals surface area contributed by atoms with E-state index in [1.807, 2.05) is 17.9 Å². The lowest BCUT2D eigenvalue weighted by Gasteiger charge is -2.28. The Hall–Kier alpha value is -1.58. The van der Waals surface area contributed by atoms with E-state index in [9.17, 15) is 4.79 Å². The number of aromatic nitrogens is 1. The van der Waals surface area contributed by atoms with Gasteiger partial charge in [0.05, 0.1) is 11.3 Å². The Balaban J connectivity index is 2.22. The summed E-state index contributed by atoms with van der Waals surface area (Å²) < 4.78 is 0. The minimum atomic E-state index is 0.110. The highest BCUT2D eigenvalue weighted by atomic mass is 16.2. The number of rotatable bonds is 3. The number of likely N-dealkylation sites (tertiary alicyclic amines) is 1. The average molecular weight is 261 g/mol. The summed E-state index contributed by atoms with van der Waals surface area (Å²) in [4.78, 5) is 18.8. The summed E-state index contributed by atoms with van der Waals surface area (Å²) >= 11 is 0. The van der Waals surface area contributed by atoms with Crippen LogP contribution in [0, 0.1) is 0 Å². The first-order valence-electron chi connectivity index (χ1n) is 7.23. The monoisotopic (exact) mass is 261 g/mol. The van der Waals surface area contributed by atoms with Crippen molar-refractivity contribution in [2.45, 2.75) is 45.6 Å². The number of carbonyl (C=O) groups is 1. The highest BCUT2D eigenvalue weighted by molar-refractivity contribution is 5.99. The number of hydrogen-bond acceptors (Lipinski definition) is 3. The molecule has 1 unspecified atom stereocenters. The molecule has 1 aliphatic heterocycles. The summed E-state index contributed by atoms with van der Waals surface area (Å²) in [6, 6.07) is 2.20. The molecule has 0 spiro atoms. The van der Waals surface area contributed by atoms with Gasteiger partial charge in [0.2, 0.25) is 0 Å². The quantitative estimate of drug-likeness (QED) is 0.910. The van der Waals surface area contributed by atoms with E-state index >= 15 is 0 Å². The standard InChI is InChI=1S/C15H23N3O/c1-3-17-14-8-9-16-11-13(14)15(19)18-10-6-4-5-7-12(18)2/h8-9,11-12H,3-7,10H2,1-2H3,(H,16,17). The van der Waals surface area contributed by atoms with Crippen LogP contribution in [0.4, 0.5) is 5.69 Å². The minimum absolute atomic E-state index is 0.110. The fourth-order valence-corrected chi connectivity index (χ4v) is 2.64. The fraction of sp³-hybridized carbons (Fsp3) is 0.600. The van der Waals surface area contributed by atoms with Crippen LogP contribution < -0.4 is 5.32 Å². The molecule has 1 aromatic rings. The van der Waals surface area contributed by atoms with Gasteiger partial charge in [0.25, 0.3) is 5.91 Å². The molecule has 0 aromatic carbocycles. The van der Waals surface area contributed by atoms with E-state index in [-0.39, 0.29) is 5.91 Å². The van der Waals surface area contributed by atoms with Crippen molar-refractivity contribution >= 4 is 11.6 Å². The fourth-order valence-electron chi connectivity index (χ4n) is 2.64. The maximum absolute atomic E-state index is 12.7. The molecule has 0 aliphatic carbocycles. The number of anilines is 1. The topological polar surface area (TPSA) is 45.2 Å². The van der Waals surface area contributed by atoms with Gasteiger partial charge in [-0.3, -0.25) is 9.78 Å². The summed E-state index contributed by atoms with van der Waals surface area (Å²) in [5, 5.41) is 3.24. The third-order valence-electron chi connectivity index (χ3n) is 3.73. The summed E-state index contributed by atoms with van der Waals surface area (Å²) in [5.74, 6) is 0.110. The summed E-state index contributed by atoms with van der Waals surface area (Å²) in [7, 11) is 0. The van der Waals surface area contributed by atoms with Crippen LogP contribution in [0.1, 0.15) is 49.9 Å². The molecule has 4 heteroatoms. The first-order chi connectivity index (χ1) is 9.24. The van der Waals surface area contributed by atoms with Crippen molar-refractivity contribution in [2.75, 3.05) is 18.4 Å². The molecule has 2 rings (SSSR count). The number of hydrogen-bond donors (Lipinski definition) is 1. The van der Waals surface area contributed by atoms with Crippen LogP contribution in [0.5, 0.6) is 0 Å². The molecule has 2 heterocycles. The molecule has 1 atom stereocenters.